The van der Waals surface area contributed by atoms with Crippen molar-refractivity contribution in [1.29, 1.82) is 0 Å². The van der Waals surface area contributed by atoms with E-state index in [9.17, 15) is 13.2 Å². The van der Waals surface area contributed by atoms with Crippen molar-refractivity contribution in [2.75, 3.05) is 0 Å². The fourth-order valence-electron chi connectivity index (χ4n) is 0.525. The van der Waals surface area contributed by atoms with Crippen LogP contribution in [0, 0.1) is 0 Å². The summed E-state index contributed by atoms with van der Waals surface area (Å²) in [7, 11) is 0. The lowest BCUT2D eigenvalue weighted by atomic mass is 10.2. The molecule has 0 aliphatic heterocycles. The molecule has 11 heavy (non-hydrogen) atoms. The Morgan fingerprint density at radius 3 is 2.09 bits per heavy atom. The van der Waals surface area contributed by atoms with Crippen LogP contribution in [0.2, 0.25) is 0 Å². The first-order valence-corrected chi connectivity index (χ1v) is 3.03. The lowest BCUT2D eigenvalue weighted by Crippen LogP contribution is -2.09. The molecule has 0 fully saturated rings. The predicted molar refractivity (Wildman–Crippen MR) is 39.1 cm³/mol. The Kier molecular flexibility index (Phi) is 3.65. The Morgan fingerprint density at radius 2 is 1.82 bits per heavy atom. The lowest BCUT2D eigenvalue weighted by Gasteiger charge is -2.05. The van der Waals surface area contributed by atoms with Gasteiger partial charge in [-0.1, -0.05) is 24.8 Å². The van der Waals surface area contributed by atoms with Crippen LogP contribution in [0.3, 0.4) is 0 Å². The Labute approximate surface area is 63.7 Å². The molecule has 0 aromatic carbocycles. The van der Waals surface area contributed by atoms with E-state index in [1.54, 1.807) is 0 Å². The molecule has 0 radical (unpaired) electrons. The van der Waals surface area contributed by atoms with E-state index in [1.165, 1.54) is 6.08 Å². The van der Waals surface area contributed by atoms with E-state index in [0.717, 1.165) is 12.2 Å². The van der Waals surface area contributed by atoms with Crippen LogP contribution >= 0.6 is 0 Å². The third-order valence-electron chi connectivity index (χ3n) is 1.05. The van der Waals surface area contributed by atoms with Crippen LogP contribution in [0.5, 0.6) is 0 Å². The van der Waals surface area contributed by atoms with E-state index in [4.69, 9.17) is 0 Å². The Hall–Kier alpha value is -0.990. The van der Waals surface area contributed by atoms with Crippen molar-refractivity contribution in [3.05, 3.63) is 37.0 Å². The zero-order chi connectivity index (χ0) is 8.91. The second kappa shape index (κ2) is 4.01. The smallest absolute Gasteiger partial charge is 0.166 e. The zero-order valence-corrected chi connectivity index (χ0v) is 5.99. The lowest BCUT2D eigenvalue weighted by molar-refractivity contribution is -0.0883. The zero-order valence-electron chi connectivity index (χ0n) is 5.99. The monoisotopic (exact) mass is 162 g/mol. The summed E-state index contributed by atoms with van der Waals surface area (Å²) in [5.41, 5.74) is -0.711. The highest BCUT2D eigenvalue weighted by atomic mass is 19.4. The summed E-state index contributed by atoms with van der Waals surface area (Å²) in [6, 6.07) is 0. The van der Waals surface area contributed by atoms with Gasteiger partial charge in [0, 0.05) is 0 Å². The van der Waals surface area contributed by atoms with Gasteiger partial charge >= 0.3 is 6.18 Å². The molecule has 0 saturated carbocycles. The Morgan fingerprint density at radius 1 is 1.27 bits per heavy atom. The highest BCUT2D eigenvalue weighted by molar-refractivity contribution is 5.22. The summed E-state index contributed by atoms with van der Waals surface area (Å²) >= 11 is 0. The second-order valence-electron chi connectivity index (χ2n) is 1.89. The molecule has 3 heteroatoms. The van der Waals surface area contributed by atoms with E-state index in [2.05, 4.69) is 13.2 Å². The van der Waals surface area contributed by atoms with Gasteiger partial charge in [-0.05, 0) is 6.42 Å². The molecule has 0 amide bonds. The van der Waals surface area contributed by atoms with Crippen molar-refractivity contribution in [1.82, 2.24) is 0 Å². The van der Waals surface area contributed by atoms with Crippen molar-refractivity contribution in [2.45, 2.75) is 12.6 Å². The Balaban J connectivity index is 4.39. The summed E-state index contributed by atoms with van der Waals surface area (Å²) in [6.45, 7) is 6.36. The predicted octanol–water partition coefficient (Wildman–Crippen LogP) is 3.24. The van der Waals surface area contributed by atoms with Crippen LogP contribution in [0.1, 0.15) is 6.42 Å². The average molecular weight is 162 g/mol. The van der Waals surface area contributed by atoms with E-state index in [-0.39, 0.29) is 6.42 Å². The van der Waals surface area contributed by atoms with Gasteiger partial charge in [-0.2, -0.15) is 13.2 Å². The molecule has 0 aliphatic rings. The minimum absolute atomic E-state index is 0.209. The average Bonchev–Trinajstić information content (AvgIpc) is 1.87. The minimum Gasteiger partial charge on any atom is -0.166 e. The number of rotatable bonds is 3. The van der Waals surface area contributed by atoms with E-state index in [1.807, 2.05) is 0 Å². The van der Waals surface area contributed by atoms with Crippen LogP contribution in [-0.4, -0.2) is 6.18 Å². The molecule has 0 rings (SSSR count). The molecule has 0 aromatic heterocycles. The quantitative estimate of drug-likeness (QED) is 0.441. The Bertz CT molecular complexity index is 174. The molecule has 62 valence electrons. The van der Waals surface area contributed by atoms with Crippen molar-refractivity contribution in [2.24, 2.45) is 0 Å². The van der Waals surface area contributed by atoms with Gasteiger partial charge in [0.15, 0.2) is 0 Å². The molecule has 0 nitrogen and oxygen atoms in total. The highest BCUT2D eigenvalue weighted by Crippen LogP contribution is 2.26. The molecule has 0 atom stereocenters. The minimum atomic E-state index is -4.29. The number of hydrogen-bond acceptors (Lipinski definition) is 0. The molecular weight excluding hydrogens is 153 g/mol. The molecule has 0 heterocycles. The van der Waals surface area contributed by atoms with Crippen LogP contribution in [0.4, 0.5) is 13.2 Å². The van der Waals surface area contributed by atoms with Crippen LogP contribution < -0.4 is 0 Å². The first kappa shape index (κ1) is 10.0. The first-order valence-electron chi connectivity index (χ1n) is 3.03. The molecule has 0 N–H and O–H groups in total. The third-order valence-corrected chi connectivity index (χ3v) is 1.05. The second-order valence-corrected chi connectivity index (χ2v) is 1.89. The molecule has 0 spiro atoms. The van der Waals surface area contributed by atoms with Crippen LogP contribution in [0.25, 0.3) is 0 Å². The van der Waals surface area contributed by atoms with Gasteiger partial charge in [-0.25, -0.2) is 0 Å². The number of hydrogen-bond donors (Lipinski definition) is 0. The first-order chi connectivity index (χ1) is 5.02. The van der Waals surface area contributed by atoms with E-state index < -0.39 is 11.7 Å². The van der Waals surface area contributed by atoms with Gasteiger partial charge in [0.2, 0.25) is 0 Å². The summed E-state index contributed by atoms with van der Waals surface area (Å²) in [4.78, 5) is 0. The van der Waals surface area contributed by atoms with Crippen molar-refractivity contribution in [3.8, 4) is 0 Å². The molecule has 0 aromatic rings. The summed E-state index contributed by atoms with van der Waals surface area (Å²) in [5, 5.41) is 0. The van der Waals surface area contributed by atoms with Gasteiger partial charge in [0.25, 0.3) is 0 Å². The number of allylic oxidation sites excluding steroid dienone is 4. The van der Waals surface area contributed by atoms with Crippen molar-refractivity contribution >= 4 is 0 Å². The fraction of sp³-hybridized carbons (Fsp3) is 0.250. The molecule has 0 aliphatic carbocycles. The summed E-state index contributed by atoms with van der Waals surface area (Å²) in [6.07, 6.45) is -0.843. The number of halogens is 3. The van der Waals surface area contributed by atoms with Crippen LogP contribution in [-0.2, 0) is 0 Å². The van der Waals surface area contributed by atoms with Crippen LogP contribution in [0.15, 0.2) is 37.0 Å². The highest BCUT2D eigenvalue weighted by Gasteiger charge is 2.30. The van der Waals surface area contributed by atoms with E-state index >= 15 is 0 Å². The maximum absolute atomic E-state index is 11.9. The topological polar surface area (TPSA) is 0 Å². The van der Waals surface area contributed by atoms with Gasteiger partial charge in [0.05, 0.1) is 5.57 Å². The van der Waals surface area contributed by atoms with E-state index in [0.29, 0.717) is 0 Å². The van der Waals surface area contributed by atoms with Gasteiger partial charge in [0.1, 0.15) is 0 Å². The standard InChI is InChI=1S/C8H9F3/c1-3-5-6-7(4-2)8(9,10)11/h3-4,6H,1-2,5H2/b7-6+. The van der Waals surface area contributed by atoms with Crippen molar-refractivity contribution < 1.29 is 13.2 Å². The van der Waals surface area contributed by atoms with Gasteiger partial charge in [-0.3, -0.25) is 0 Å². The molecule has 0 unspecified atom stereocenters. The summed E-state index contributed by atoms with van der Waals surface area (Å²) in [5.74, 6) is 0. The summed E-state index contributed by atoms with van der Waals surface area (Å²) < 4.78 is 35.6. The molecule has 0 saturated heterocycles. The van der Waals surface area contributed by atoms with Crippen molar-refractivity contribution in [3.63, 3.8) is 0 Å². The fourth-order valence-corrected chi connectivity index (χ4v) is 0.525. The molecular formula is C8H9F3. The largest absolute Gasteiger partial charge is 0.416 e. The normalized spacial score (nSPS) is 12.8. The maximum Gasteiger partial charge on any atom is 0.416 e. The molecule has 0 bridgehead atoms. The SMILES string of the molecule is C=CC/C=C(\C=C)C(F)(F)F. The maximum atomic E-state index is 11.9. The number of alkyl halides is 3. The van der Waals surface area contributed by atoms with Gasteiger partial charge < -0.3 is 0 Å². The third kappa shape index (κ3) is 3.65. The van der Waals surface area contributed by atoms with Gasteiger partial charge in [-0.15, -0.1) is 6.58 Å².